The molecule has 8 heteroatoms. The number of halogens is 1. The van der Waals surface area contributed by atoms with Gasteiger partial charge in [-0.25, -0.2) is 0 Å². The molecule has 4 N–H and O–H groups in total. The summed E-state index contributed by atoms with van der Waals surface area (Å²) in [5.74, 6) is -0.657. The standard InChI is InChI=1S/C29H31ClN4O3/c1-16(2)24(12-19-8-6-5-7-9-19)33-28(36)20-10-11-23-21(13-20)22(29(37)32-23)14-25-17(3)27(18(4)31-25)34-26(35)15-30/h5-11,13-14,16,24,31H,12,15H2,1-4H3,(H,32,37)(H,33,36)(H,34,35)/b22-14-/t24-/m0/s1. The average Bonchev–Trinajstić information content (AvgIpc) is 3.33. The van der Waals surface area contributed by atoms with Gasteiger partial charge in [0.25, 0.3) is 11.8 Å². The molecule has 1 aromatic heterocycles. The first kappa shape index (κ1) is 26.2. The summed E-state index contributed by atoms with van der Waals surface area (Å²) >= 11 is 5.64. The Morgan fingerprint density at radius 3 is 2.49 bits per heavy atom. The predicted molar refractivity (Wildman–Crippen MR) is 149 cm³/mol. The zero-order chi connectivity index (χ0) is 26.7. The molecule has 2 aromatic carbocycles. The van der Waals surface area contributed by atoms with Crippen molar-refractivity contribution in [3.8, 4) is 0 Å². The number of rotatable bonds is 8. The minimum absolute atomic E-state index is 0.0379. The van der Waals surface area contributed by atoms with E-state index in [1.807, 2.05) is 32.0 Å². The van der Waals surface area contributed by atoms with E-state index < -0.39 is 0 Å². The number of aryl methyl sites for hydroxylation is 1. The highest BCUT2D eigenvalue weighted by molar-refractivity contribution is 6.35. The second kappa shape index (κ2) is 11.0. The van der Waals surface area contributed by atoms with Crippen LogP contribution in [0.1, 0.15) is 52.3 Å². The van der Waals surface area contributed by atoms with Crippen molar-refractivity contribution in [2.45, 2.75) is 40.2 Å². The zero-order valence-corrected chi connectivity index (χ0v) is 22.1. The number of anilines is 2. The molecule has 0 saturated heterocycles. The highest BCUT2D eigenvalue weighted by atomic mass is 35.5. The topological polar surface area (TPSA) is 103 Å². The Labute approximate surface area is 221 Å². The Hall–Kier alpha value is -3.84. The first-order valence-electron chi connectivity index (χ1n) is 12.2. The smallest absolute Gasteiger partial charge is 0.256 e. The van der Waals surface area contributed by atoms with Crippen LogP contribution in [0.2, 0.25) is 0 Å². The Morgan fingerprint density at radius 2 is 1.81 bits per heavy atom. The molecule has 1 atom stereocenters. The number of fused-ring (bicyclic) bond motifs is 1. The molecule has 0 fully saturated rings. The number of carbonyl (C=O) groups excluding carboxylic acids is 3. The maximum Gasteiger partial charge on any atom is 0.256 e. The number of benzene rings is 2. The van der Waals surface area contributed by atoms with Crippen molar-refractivity contribution in [1.29, 1.82) is 0 Å². The number of hydrogen-bond donors (Lipinski definition) is 4. The van der Waals surface area contributed by atoms with Gasteiger partial charge >= 0.3 is 0 Å². The van der Waals surface area contributed by atoms with E-state index in [9.17, 15) is 14.4 Å². The van der Waals surface area contributed by atoms with E-state index in [-0.39, 0.29) is 35.6 Å². The van der Waals surface area contributed by atoms with Gasteiger partial charge < -0.3 is 20.9 Å². The largest absolute Gasteiger partial charge is 0.357 e. The molecule has 37 heavy (non-hydrogen) atoms. The van der Waals surface area contributed by atoms with E-state index in [4.69, 9.17) is 11.6 Å². The van der Waals surface area contributed by atoms with Crippen molar-refractivity contribution in [2.24, 2.45) is 5.92 Å². The normalized spacial score (nSPS) is 14.4. The van der Waals surface area contributed by atoms with E-state index in [1.54, 1.807) is 24.3 Å². The van der Waals surface area contributed by atoms with Gasteiger partial charge in [0.2, 0.25) is 5.91 Å². The van der Waals surface area contributed by atoms with Gasteiger partial charge in [-0.1, -0.05) is 44.2 Å². The molecule has 4 rings (SSSR count). The number of aromatic amines is 1. The number of carbonyl (C=O) groups is 3. The van der Waals surface area contributed by atoms with Gasteiger partial charge in [-0.05, 0) is 61.6 Å². The van der Waals surface area contributed by atoms with E-state index in [1.165, 1.54) is 0 Å². The lowest BCUT2D eigenvalue weighted by Crippen LogP contribution is -2.40. The fourth-order valence-corrected chi connectivity index (χ4v) is 4.54. The fraction of sp³-hybridized carbons (Fsp3) is 0.276. The van der Waals surface area contributed by atoms with E-state index in [0.717, 1.165) is 23.2 Å². The Balaban J connectivity index is 1.60. The molecule has 3 amide bonds. The molecule has 192 valence electrons. The summed E-state index contributed by atoms with van der Waals surface area (Å²) in [5.41, 5.74) is 6.26. The summed E-state index contributed by atoms with van der Waals surface area (Å²) in [6.07, 6.45) is 2.47. The molecular formula is C29H31ClN4O3. The maximum absolute atomic E-state index is 13.2. The molecule has 3 aromatic rings. The third kappa shape index (κ3) is 5.78. The van der Waals surface area contributed by atoms with E-state index in [0.29, 0.717) is 33.8 Å². The summed E-state index contributed by atoms with van der Waals surface area (Å²) in [5, 5.41) is 8.83. The fourth-order valence-electron chi connectivity index (χ4n) is 4.47. The minimum Gasteiger partial charge on any atom is -0.357 e. The first-order chi connectivity index (χ1) is 17.7. The van der Waals surface area contributed by atoms with Crippen LogP contribution < -0.4 is 16.0 Å². The lowest BCUT2D eigenvalue weighted by molar-refractivity contribution is -0.114. The second-order valence-corrected chi connectivity index (χ2v) is 9.90. The van der Waals surface area contributed by atoms with Gasteiger partial charge in [-0.3, -0.25) is 14.4 Å². The van der Waals surface area contributed by atoms with Gasteiger partial charge in [0.1, 0.15) is 5.88 Å². The van der Waals surface area contributed by atoms with Gasteiger partial charge in [0.15, 0.2) is 0 Å². The third-order valence-electron chi connectivity index (χ3n) is 6.64. The van der Waals surface area contributed by atoms with Gasteiger partial charge in [-0.2, -0.15) is 0 Å². The summed E-state index contributed by atoms with van der Waals surface area (Å²) in [7, 11) is 0. The SMILES string of the molecule is Cc1[nH]c(/C=C2\C(=O)Nc3ccc(C(=O)N[C@@H](Cc4ccccc4)C(C)C)cc32)c(C)c1NC(=O)CCl. The minimum atomic E-state index is -0.308. The van der Waals surface area contributed by atoms with Crippen molar-refractivity contribution >= 4 is 52.3 Å². The van der Waals surface area contributed by atoms with Crippen LogP contribution in [0, 0.1) is 19.8 Å². The first-order valence-corrected chi connectivity index (χ1v) is 12.8. The number of amides is 3. The quantitative estimate of drug-likeness (QED) is 0.240. The Bertz CT molecular complexity index is 1380. The van der Waals surface area contributed by atoms with Crippen molar-refractivity contribution < 1.29 is 14.4 Å². The zero-order valence-electron chi connectivity index (χ0n) is 21.4. The second-order valence-electron chi connectivity index (χ2n) is 9.63. The Morgan fingerprint density at radius 1 is 1.08 bits per heavy atom. The van der Waals surface area contributed by atoms with Crippen molar-refractivity contribution in [3.05, 3.63) is 82.2 Å². The lowest BCUT2D eigenvalue weighted by Gasteiger charge is -2.23. The number of aromatic nitrogens is 1. The number of H-pyrrole nitrogens is 1. The molecular weight excluding hydrogens is 488 g/mol. The van der Waals surface area contributed by atoms with Crippen molar-refractivity contribution in [1.82, 2.24) is 10.3 Å². The van der Waals surface area contributed by atoms with E-state index >= 15 is 0 Å². The molecule has 1 aliphatic heterocycles. The van der Waals surface area contributed by atoms with E-state index in [2.05, 4.69) is 46.9 Å². The van der Waals surface area contributed by atoms with Gasteiger partial charge in [0.05, 0.1) is 11.3 Å². The highest BCUT2D eigenvalue weighted by Gasteiger charge is 2.27. The molecule has 0 bridgehead atoms. The summed E-state index contributed by atoms with van der Waals surface area (Å²) in [4.78, 5) is 41.1. The maximum atomic E-state index is 13.2. The summed E-state index contributed by atoms with van der Waals surface area (Å²) in [6.45, 7) is 7.87. The van der Waals surface area contributed by atoms with Crippen LogP contribution in [0.3, 0.4) is 0 Å². The molecule has 0 saturated carbocycles. The molecule has 0 aliphatic carbocycles. The number of hydrogen-bond acceptors (Lipinski definition) is 3. The molecule has 2 heterocycles. The van der Waals surface area contributed by atoms with Gasteiger partial charge in [-0.15, -0.1) is 11.6 Å². The monoisotopic (exact) mass is 518 g/mol. The molecule has 0 unspecified atom stereocenters. The molecule has 1 aliphatic rings. The average molecular weight is 519 g/mol. The van der Waals surface area contributed by atoms with Crippen LogP contribution in [-0.2, 0) is 16.0 Å². The van der Waals surface area contributed by atoms with Crippen LogP contribution in [0.4, 0.5) is 11.4 Å². The van der Waals surface area contributed by atoms with Crippen LogP contribution in [0.5, 0.6) is 0 Å². The summed E-state index contributed by atoms with van der Waals surface area (Å²) in [6, 6.07) is 15.3. The Kier molecular flexibility index (Phi) is 7.83. The predicted octanol–water partition coefficient (Wildman–Crippen LogP) is 5.30. The van der Waals surface area contributed by atoms with Crippen molar-refractivity contribution in [2.75, 3.05) is 16.5 Å². The van der Waals surface area contributed by atoms with Crippen LogP contribution in [-0.4, -0.2) is 34.6 Å². The molecule has 7 nitrogen and oxygen atoms in total. The van der Waals surface area contributed by atoms with Crippen LogP contribution in [0.25, 0.3) is 11.6 Å². The lowest BCUT2D eigenvalue weighted by atomic mass is 9.95. The summed E-state index contributed by atoms with van der Waals surface area (Å²) < 4.78 is 0. The van der Waals surface area contributed by atoms with Crippen molar-refractivity contribution in [3.63, 3.8) is 0 Å². The number of alkyl halides is 1. The highest BCUT2D eigenvalue weighted by Crippen LogP contribution is 2.35. The van der Waals surface area contributed by atoms with Crippen LogP contribution >= 0.6 is 11.6 Å². The third-order valence-corrected chi connectivity index (χ3v) is 6.88. The van der Waals surface area contributed by atoms with Crippen LogP contribution in [0.15, 0.2) is 48.5 Å². The van der Waals surface area contributed by atoms with Gasteiger partial charge in [0, 0.05) is 34.2 Å². The molecule has 0 radical (unpaired) electrons. The number of nitrogens with one attached hydrogen (secondary N) is 4. The molecule has 0 spiro atoms.